The van der Waals surface area contributed by atoms with Crippen LogP contribution >= 0.6 is 0 Å². The van der Waals surface area contributed by atoms with Crippen molar-refractivity contribution in [1.29, 1.82) is 0 Å². The van der Waals surface area contributed by atoms with Gasteiger partial charge in [0.05, 0.1) is 5.56 Å². The third kappa shape index (κ3) is 5.03. The number of likely N-dealkylation sites (N-methyl/N-ethyl adjacent to an activating group) is 1. The predicted octanol–water partition coefficient (Wildman–Crippen LogP) is 4.81. The normalized spacial score (nSPS) is 18.7. The number of hydrogen-bond donors (Lipinski definition) is 1. The zero-order valence-corrected chi connectivity index (χ0v) is 12.5. The van der Waals surface area contributed by atoms with Crippen LogP contribution in [0.1, 0.15) is 49.7 Å². The van der Waals surface area contributed by atoms with Crippen LogP contribution < -0.4 is 5.32 Å². The predicted molar refractivity (Wildman–Crippen MR) is 79.2 cm³/mol. The van der Waals surface area contributed by atoms with Gasteiger partial charge in [-0.3, -0.25) is 0 Å². The Kier molecular flexibility index (Phi) is 5.68. The second-order valence-corrected chi connectivity index (χ2v) is 6.13. The fourth-order valence-electron chi connectivity index (χ4n) is 3.29. The van der Waals surface area contributed by atoms with Crippen LogP contribution in [-0.4, -0.2) is 13.1 Å². The van der Waals surface area contributed by atoms with Gasteiger partial charge in [-0.1, -0.05) is 50.3 Å². The largest absolute Gasteiger partial charge is 0.416 e. The molecule has 1 N–H and O–H groups in total. The Morgan fingerprint density at radius 1 is 1.19 bits per heavy atom. The maximum Gasteiger partial charge on any atom is 0.416 e. The van der Waals surface area contributed by atoms with Crippen LogP contribution in [0.3, 0.4) is 0 Å². The zero-order valence-electron chi connectivity index (χ0n) is 12.5. The lowest BCUT2D eigenvalue weighted by Gasteiger charge is -2.26. The van der Waals surface area contributed by atoms with Crippen LogP contribution in [0, 0.1) is 5.92 Å². The molecule has 0 aromatic heterocycles. The molecule has 1 aliphatic carbocycles. The van der Waals surface area contributed by atoms with Crippen LogP contribution in [0.2, 0.25) is 0 Å². The first-order chi connectivity index (χ1) is 9.99. The van der Waals surface area contributed by atoms with Crippen molar-refractivity contribution in [3.05, 3.63) is 35.4 Å². The van der Waals surface area contributed by atoms with E-state index in [1.165, 1.54) is 44.2 Å². The molecule has 1 aliphatic rings. The van der Waals surface area contributed by atoms with E-state index in [0.29, 0.717) is 6.42 Å². The molecule has 0 bridgehead atoms. The summed E-state index contributed by atoms with van der Waals surface area (Å²) in [4.78, 5) is 0. The van der Waals surface area contributed by atoms with E-state index in [0.717, 1.165) is 24.0 Å². The van der Waals surface area contributed by atoms with Gasteiger partial charge in [0.2, 0.25) is 0 Å². The van der Waals surface area contributed by atoms with E-state index >= 15 is 0 Å². The van der Waals surface area contributed by atoms with Crippen molar-refractivity contribution >= 4 is 0 Å². The van der Waals surface area contributed by atoms with Crippen LogP contribution in [-0.2, 0) is 12.6 Å². The molecular formula is C17H24F3N. The lowest BCUT2D eigenvalue weighted by atomic mass is 9.83. The molecule has 4 heteroatoms. The van der Waals surface area contributed by atoms with Crippen LogP contribution in [0.15, 0.2) is 24.3 Å². The number of nitrogens with one attached hydrogen (secondary N) is 1. The summed E-state index contributed by atoms with van der Waals surface area (Å²) in [5.74, 6) is 0.724. The summed E-state index contributed by atoms with van der Waals surface area (Å²) < 4.78 is 38.2. The number of halogens is 3. The first-order valence-corrected chi connectivity index (χ1v) is 7.82. The highest BCUT2D eigenvalue weighted by atomic mass is 19.4. The van der Waals surface area contributed by atoms with Gasteiger partial charge in [-0.05, 0) is 37.4 Å². The van der Waals surface area contributed by atoms with E-state index in [2.05, 4.69) is 5.32 Å². The van der Waals surface area contributed by atoms with E-state index in [4.69, 9.17) is 0 Å². The van der Waals surface area contributed by atoms with Gasteiger partial charge in [0.25, 0.3) is 0 Å². The topological polar surface area (TPSA) is 12.0 Å². The van der Waals surface area contributed by atoms with Crippen molar-refractivity contribution in [1.82, 2.24) is 5.32 Å². The van der Waals surface area contributed by atoms with Gasteiger partial charge < -0.3 is 5.32 Å². The van der Waals surface area contributed by atoms with Crippen molar-refractivity contribution in [2.45, 2.75) is 57.2 Å². The molecular weight excluding hydrogens is 275 g/mol. The number of alkyl halides is 3. The Morgan fingerprint density at radius 2 is 1.90 bits per heavy atom. The lowest BCUT2D eigenvalue weighted by molar-refractivity contribution is -0.137. The molecule has 1 aromatic rings. The molecule has 0 aliphatic heterocycles. The zero-order chi connectivity index (χ0) is 15.3. The summed E-state index contributed by atoms with van der Waals surface area (Å²) >= 11 is 0. The highest BCUT2D eigenvalue weighted by Crippen LogP contribution is 2.31. The molecule has 1 saturated carbocycles. The third-order valence-electron chi connectivity index (χ3n) is 4.49. The first kappa shape index (κ1) is 16.3. The van der Waals surface area contributed by atoms with E-state index in [1.807, 2.05) is 7.05 Å². The second-order valence-electron chi connectivity index (χ2n) is 6.13. The van der Waals surface area contributed by atoms with Gasteiger partial charge in [-0.2, -0.15) is 13.2 Å². The molecule has 1 unspecified atom stereocenters. The summed E-state index contributed by atoms with van der Waals surface area (Å²) in [6.45, 7) is 0. The molecule has 2 rings (SSSR count). The second kappa shape index (κ2) is 7.30. The smallest absolute Gasteiger partial charge is 0.317 e. The summed E-state index contributed by atoms with van der Waals surface area (Å²) in [5, 5.41) is 3.27. The van der Waals surface area contributed by atoms with Gasteiger partial charge in [0, 0.05) is 6.04 Å². The number of benzene rings is 1. The Morgan fingerprint density at radius 3 is 2.52 bits per heavy atom. The Labute approximate surface area is 124 Å². The third-order valence-corrected chi connectivity index (χ3v) is 4.49. The molecule has 0 saturated heterocycles. The maximum atomic E-state index is 12.7. The molecule has 0 heterocycles. The van der Waals surface area contributed by atoms with Crippen LogP contribution in [0.4, 0.5) is 13.2 Å². The minimum atomic E-state index is -4.26. The molecule has 1 atom stereocenters. The summed E-state index contributed by atoms with van der Waals surface area (Å²) in [6.07, 6.45) is 3.92. The standard InChI is InChI=1S/C17H24F3N/c1-21-16(11-13-6-3-2-4-7-13)12-14-8-5-9-15(10-14)17(18,19)20/h5,8-10,13,16,21H,2-4,6-7,11-12H2,1H3. The van der Waals surface area contributed by atoms with Gasteiger partial charge in [0.15, 0.2) is 0 Å². The number of rotatable bonds is 5. The maximum absolute atomic E-state index is 12.7. The lowest BCUT2D eigenvalue weighted by Crippen LogP contribution is -2.30. The summed E-state index contributed by atoms with van der Waals surface area (Å²) in [7, 11) is 1.90. The van der Waals surface area contributed by atoms with Crippen LogP contribution in [0.25, 0.3) is 0 Å². The minimum Gasteiger partial charge on any atom is -0.317 e. The SMILES string of the molecule is CNC(Cc1cccc(C(F)(F)F)c1)CC1CCCCC1. The van der Waals surface area contributed by atoms with E-state index < -0.39 is 11.7 Å². The van der Waals surface area contributed by atoms with Gasteiger partial charge in [-0.15, -0.1) is 0 Å². The average Bonchev–Trinajstić information content (AvgIpc) is 2.47. The van der Waals surface area contributed by atoms with Crippen molar-refractivity contribution in [3.8, 4) is 0 Å². The van der Waals surface area contributed by atoms with E-state index in [-0.39, 0.29) is 6.04 Å². The minimum absolute atomic E-state index is 0.261. The van der Waals surface area contributed by atoms with Crippen molar-refractivity contribution in [2.75, 3.05) is 7.05 Å². The first-order valence-electron chi connectivity index (χ1n) is 7.82. The van der Waals surface area contributed by atoms with E-state index in [1.54, 1.807) is 6.07 Å². The monoisotopic (exact) mass is 299 g/mol. The van der Waals surface area contributed by atoms with Crippen LogP contribution in [0.5, 0.6) is 0 Å². The summed E-state index contributed by atoms with van der Waals surface area (Å²) in [5.41, 5.74) is 0.215. The highest BCUT2D eigenvalue weighted by Gasteiger charge is 2.30. The van der Waals surface area contributed by atoms with Crippen molar-refractivity contribution < 1.29 is 13.2 Å². The quantitative estimate of drug-likeness (QED) is 0.823. The van der Waals surface area contributed by atoms with E-state index in [9.17, 15) is 13.2 Å². The van der Waals surface area contributed by atoms with Crippen molar-refractivity contribution in [2.24, 2.45) is 5.92 Å². The molecule has 1 fully saturated rings. The molecule has 0 radical (unpaired) electrons. The van der Waals surface area contributed by atoms with Gasteiger partial charge in [-0.25, -0.2) is 0 Å². The number of hydrogen-bond acceptors (Lipinski definition) is 1. The summed E-state index contributed by atoms with van der Waals surface area (Å²) in [6, 6.07) is 5.98. The average molecular weight is 299 g/mol. The molecule has 1 nitrogen and oxygen atoms in total. The fraction of sp³-hybridized carbons (Fsp3) is 0.647. The molecule has 21 heavy (non-hydrogen) atoms. The Balaban J connectivity index is 1.97. The van der Waals surface area contributed by atoms with Gasteiger partial charge in [0.1, 0.15) is 0 Å². The molecule has 0 amide bonds. The van der Waals surface area contributed by atoms with Crippen molar-refractivity contribution in [3.63, 3.8) is 0 Å². The fourth-order valence-corrected chi connectivity index (χ4v) is 3.29. The van der Waals surface area contributed by atoms with Gasteiger partial charge >= 0.3 is 6.18 Å². The molecule has 1 aromatic carbocycles. The highest BCUT2D eigenvalue weighted by molar-refractivity contribution is 5.26. The Hall–Kier alpha value is -1.03. The Bertz CT molecular complexity index is 436. The molecule has 0 spiro atoms. The molecule has 118 valence electrons.